The van der Waals surface area contributed by atoms with E-state index < -0.39 is 0 Å². The highest BCUT2D eigenvalue weighted by Crippen LogP contribution is 2.16. The summed E-state index contributed by atoms with van der Waals surface area (Å²) >= 11 is 0. The predicted molar refractivity (Wildman–Crippen MR) is 76.1 cm³/mol. The second-order valence-electron chi connectivity index (χ2n) is 5.29. The molecule has 2 N–H and O–H groups in total. The first-order valence-electron chi connectivity index (χ1n) is 6.94. The summed E-state index contributed by atoms with van der Waals surface area (Å²) in [6.45, 7) is 3.42. The van der Waals surface area contributed by atoms with Crippen molar-refractivity contribution in [3.8, 4) is 0 Å². The van der Waals surface area contributed by atoms with Crippen molar-refractivity contribution < 1.29 is 4.79 Å². The van der Waals surface area contributed by atoms with Crippen molar-refractivity contribution >= 4 is 16.9 Å². The molecule has 1 aliphatic rings. The van der Waals surface area contributed by atoms with Gasteiger partial charge in [-0.2, -0.15) is 5.10 Å². The van der Waals surface area contributed by atoms with Crippen LogP contribution < -0.4 is 10.6 Å². The van der Waals surface area contributed by atoms with E-state index in [0.29, 0.717) is 6.54 Å². The second kappa shape index (κ2) is 5.20. The SMILES string of the molecule is Cc1nn(C)c2ncc(CNC3CCCNC3=O)cc12. The van der Waals surface area contributed by atoms with E-state index in [4.69, 9.17) is 0 Å². The Hall–Kier alpha value is -1.95. The molecule has 1 saturated heterocycles. The van der Waals surface area contributed by atoms with Gasteiger partial charge in [-0.1, -0.05) is 0 Å². The zero-order valence-electron chi connectivity index (χ0n) is 11.8. The molecular formula is C14H19N5O. The van der Waals surface area contributed by atoms with E-state index in [-0.39, 0.29) is 11.9 Å². The van der Waals surface area contributed by atoms with Crippen molar-refractivity contribution in [2.24, 2.45) is 7.05 Å². The second-order valence-corrected chi connectivity index (χ2v) is 5.29. The van der Waals surface area contributed by atoms with Gasteiger partial charge in [0.1, 0.15) is 0 Å². The fourth-order valence-corrected chi connectivity index (χ4v) is 2.66. The van der Waals surface area contributed by atoms with Crippen LogP contribution in [-0.2, 0) is 18.4 Å². The quantitative estimate of drug-likeness (QED) is 0.861. The molecule has 0 radical (unpaired) electrons. The Morgan fingerprint density at radius 1 is 1.55 bits per heavy atom. The van der Waals surface area contributed by atoms with E-state index in [1.165, 1.54) is 0 Å². The number of hydrogen-bond acceptors (Lipinski definition) is 4. The molecule has 20 heavy (non-hydrogen) atoms. The van der Waals surface area contributed by atoms with Gasteiger partial charge in [0.15, 0.2) is 5.65 Å². The number of rotatable bonds is 3. The fraction of sp³-hybridized carbons (Fsp3) is 0.500. The number of fused-ring (bicyclic) bond motifs is 1. The van der Waals surface area contributed by atoms with Crippen molar-refractivity contribution in [1.29, 1.82) is 0 Å². The van der Waals surface area contributed by atoms with Crippen LogP contribution >= 0.6 is 0 Å². The lowest BCUT2D eigenvalue weighted by molar-refractivity contribution is -0.124. The van der Waals surface area contributed by atoms with Crippen LogP contribution in [-0.4, -0.2) is 33.3 Å². The molecule has 2 aromatic heterocycles. The Morgan fingerprint density at radius 2 is 2.40 bits per heavy atom. The van der Waals surface area contributed by atoms with Gasteiger partial charge in [0.2, 0.25) is 5.91 Å². The first-order chi connectivity index (χ1) is 9.65. The smallest absolute Gasteiger partial charge is 0.237 e. The van der Waals surface area contributed by atoms with Gasteiger partial charge in [0.05, 0.1) is 11.7 Å². The molecule has 0 spiro atoms. The lowest BCUT2D eigenvalue weighted by Gasteiger charge is -2.22. The Kier molecular flexibility index (Phi) is 3.40. The molecule has 6 heteroatoms. The summed E-state index contributed by atoms with van der Waals surface area (Å²) in [6, 6.07) is 2.01. The molecule has 0 aliphatic carbocycles. The van der Waals surface area contributed by atoms with Gasteiger partial charge >= 0.3 is 0 Å². The Morgan fingerprint density at radius 3 is 3.20 bits per heavy atom. The van der Waals surface area contributed by atoms with Gasteiger partial charge in [-0.3, -0.25) is 9.48 Å². The summed E-state index contributed by atoms with van der Waals surface area (Å²) in [6.07, 6.45) is 3.77. The molecule has 3 rings (SSSR count). The summed E-state index contributed by atoms with van der Waals surface area (Å²) < 4.78 is 1.79. The number of nitrogens with zero attached hydrogens (tertiary/aromatic N) is 3. The maximum absolute atomic E-state index is 11.7. The molecule has 1 fully saturated rings. The monoisotopic (exact) mass is 273 g/mol. The molecule has 6 nitrogen and oxygen atoms in total. The molecular weight excluding hydrogens is 254 g/mol. The molecule has 2 aromatic rings. The average molecular weight is 273 g/mol. The summed E-state index contributed by atoms with van der Waals surface area (Å²) in [5.41, 5.74) is 2.95. The minimum Gasteiger partial charge on any atom is -0.355 e. The number of aromatic nitrogens is 3. The number of piperidine rings is 1. The van der Waals surface area contributed by atoms with Crippen LogP contribution in [0.2, 0.25) is 0 Å². The third-order valence-electron chi connectivity index (χ3n) is 3.76. The highest BCUT2D eigenvalue weighted by Gasteiger charge is 2.21. The van der Waals surface area contributed by atoms with E-state index in [2.05, 4.69) is 26.8 Å². The molecule has 1 unspecified atom stereocenters. The number of aryl methyl sites for hydroxylation is 2. The third-order valence-corrected chi connectivity index (χ3v) is 3.76. The van der Waals surface area contributed by atoms with Crippen LogP contribution in [0, 0.1) is 6.92 Å². The van der Waals surface area contributed by atoms with Crippen molar-refractivity contribution in [3.63, 3.8) is 0 Å². The summed E-state index contributed by atoms with van der Waals surface area (Å²) in [5.74, 6) is 0.0999. The number of pyridine rings is 1. The van der Waals surface area contributed by atoms with E-state index in [1.54, 1.807) is 4.68 Å². The van der Waals surface area contributed by atoms with E-state index in [0.717, 1.165) is 41.7 Å². The van der Waals surface area contributed by atoms with E-state index in [1.807, 2.05) is 20.2 Å². The lowest BCUT2D eigenvalue weighted by Crippen LogP contribution is -2.47. The van der Waals surface area contributed by atoms with Crippen LogP contribution in [0.5, 0.6) is 0 Å². The zero-order valence-corrected chi connectivity index (χ0v) is 11.8. The van der Waals surface area contributed by atoms with E-state index >= 15 is 0 Å². The van der Waals surface area contributed by atoms with Gasteiger partial charge in [0.25, 0.3) is 0 Å². The highest BCUT2D eigenvalue weighted by molar-refractivity contribution is 5.82. The number of carbonyl (C=O) groups is 1. The third kappa shape index (κ3) is 2.38. The predicted octanol–water partition coefficient (Wildman–Crippen LogP) is 0.645. The molecule has 0 aromatic carbocycles. The maximum Gasteiger partial charge on any atom is 0.237 e. The normalized spacial score (nSPS) is 19.3. The standard InChI is InChI=1S/C14H19N5O/c1-9-11-6-10(8-17-13(11)19(2)18-9)7-16-12-4-3-5-15-14(12)20/h6,8,12,16H,3-5,7H2,1-2H3,(H,15,20). The topological polar surface area (TPSA) is 71.8 Å². The molecule has 1 atom stereocenters. The van der Waals surface area contributed by atoms with Crippen LogP contribution in [0.1, 0.15) is 24.1 Å². The average Bonchev–Trinajstić information content (AvgIpc) is 2.73. The van der Waals surface area contributed by atoms with Crippen molar-refractivity contribution in [1.82, 2.24) is 25.4 Å². The lowest BCUT2D eigenvalue weighted by atomic mass is 10.1. The van der Waals surface area contributed by atoms with Crippen LogP contribution in [0.3, 0.4) is 0 Å². The molecule has 1 amide bonds. The molecule has 106 valence electrons. The number of amides is 1. The molecule has 0 bridgehead atoms. The number of carbonyl (C=O) groups excluding carboxylic acids is 1. The van der Waals surface area contributed by atoms with Gasteiger partial charge in [-0.05, 0) is 31.4 Å². The first-order valence-corrected chi connectivity index (χ1v) is 6.94. The van der Waals surface area contributed by atoms with Gasteiger partial charge < -0.3 is 10.6 Å². The van der Waals surface area contributed by atoms with Crippen molar-refractivity contribution in [2.75, 3.05) is 6.54 Å². The first kappa shape index (κ1) is 13.1. The number of nitrogens with one attached hydrogen (secondary N) is 2. The van der Waals surface area contributed by atoms with E-state index in [9.17, 15) is 4.79 Å². The molecule has 0 saturated carbocycles. The highest BCUT2D eigenvalue weighted by atomic mass is 16.2. The summed E-state index contributed by atoms with van der Waals surface area (Å²) in [4.78, 5) is 16.1. The summed E-state index contributed by atoms with van der Waals surface area (Å²) in [5, 5.41) is 11.6. The number of hydrogen-bond donors (Lipinski definition) is 2. The van der Waals surface area contributed by atoms with Gasteiger partial charge in [-0.25, -0.2) is 4.98 Å². The van der Waals surface area contributed by atoms with Gasteiger partial charge in [-0.15, -0.1) is 0 Å². The van der Waals surface area contributed by atoms with Crippen molar-refractivity contribution in [3.05, 3.63) is 23.5 Å². The molecule has 1 aliphatic heterocycles. The van der Waals surface area contributed by atoms with Gasteiger partial charge in [0, 0.05) is 31.7 Å². The summed E-state index contributed by atoms with van der Waals surface area (Å²) in [7, 11) is 1.90. The van der Waals surface area contributed by atoms with Crippen molar-refractivity contribution in [2.45, 2.75) is 32.4 Å². The minimum atomic E-state index is -0.0885. The molecule has 3 heterocycles. The van der Waals surface area contributed by atoms with Crippen LogP contribution in [0.25, 0.3) is 11.0 Å². The zero-order chi connectivity index (χ0) is 14.1. The fourth-order valence-electron chi connectivity index (χ4n) is 2.66. The Bertz CT molecular complexity index is 648. The van der Waals surface area contributed by atoms with Crippen LogP contribution in [0.4, 0.5) is 0 Å². The maximum atomic E-state index is 11.7. The largest absolute Gasteiger partial charge is 0.355 e. The Balaban J connectivity index is 1.74. The Labute approximate surface area is 117 Å². The van der Waals surface area contributed by atoms with Crippen LogP contribution in [0.15, 0.2) is 12.3 Å². The minimum absolute atomic E-state index is 0.0885.